The highest BCUT2D eigenvalue weighted by Crippen LogP contribution is 2.25. The van der Waals surface area contributed by atoms with Gasteiger partial charge in [0.05, 0.1) is 11.7 Å². The van der Waals surface area contributed by atoms with E-state index in [-0.39, 0.29) is 29.1 Å². The second-order valence-corrected chi connectivity index (χ2v) is 7.75. The summed E-state index contributed by atoms with van der Waals surface area (Å²) in [5, 5.41) is 5.78. The SMILES string of the molecule is O=C(NC1CC(=O)N(C2CCCCCC2)C1)c1cc(=O)n(-c2ccccc2)[nH]1. The van der Waals surface area contributed by atoms with E-state index in [0.717, 1.165) is 12.8 Å². The van der Waals surface area contributed by atoms with Gasteiger partial charge in [-0.1, -0.05) is 43.9 Å². The average molecular weight is 382 g/mol. The van der Waals surface area contributed by atoms with Gasteiger partial charge in [0.1, 0.15) is 5.69 Å². The number of carbonyl (C=O) groups is 2. The van der Waals surface area contributed by atoms with Crippen LogP contribution in [0, 0.1) is 0 Å². The molecule has 2 amide bonds. The summed E-state index contributed by atoms with van der Waals surface area (Å²) in [5.74, 6) is -0.236. The second kappa shape index (κ2) is 8.04. The number of nitrogens with one attached hydrogen (secondary N) is 2. The fourth-order valence-corrected chi connectivity index (χ4v) is 4.29. The summed E-state index contributed by atoms with van der Waals surface area (Å²) in [4.78, 5) is 39.3. The molecule has 4 rings (SSSR count). The summed E-state index contributed by atoms with van der Waals surface area (Å²) in [6.07, 6.45) is 7.25. The Hall–Kier alpha value is -2.83. The highest BCUT2D eigenvalue weighted by molar-refractivity contribution is 5.93. The van der Waals surface area contributed by atoms with Crippen molar-refractivity contribution >= 4 is 11.8 Å². The number of benzene rings is 1. The van der Waals surface area contributed by atoms with Crippen LogP contribution >= 0.6 is 0 Å². The summed E-state index contributed by atoms with van der Waals surface area (Å²) in [6.45, 7) is 0.554. The molecule has 1 atom stereocenters. The minimum absolute atomic E-state index is 0.118. The predicted molar refractivity (Wildman–Crippen MR) is 105 cm³/mol. The van der Waals surface area contributed by atoms with Crippen LogP contribution in [0.3, 0.4) is 0 Å². The van der Waals surface area contributed by atoms with Gasteiger partial charge in [-0.3, -0.25) is 19.5 Å². The van der Waals surface area contributed by atoms with Gasteiger partial charge < -0.3 is 10.2 Å². The minimum atomic E-state index is -0.354. The molecule has 2 aromatic rings. The highest BCUT2D eigenvalue weighted by Gasteiger charge is 2.35. The van der Waals surface area contributed by atoms with Crippen molar-refractivity contribution in [3.8, 4) is 5.69 Å². The number of nitrogens with zero attached hydrogens (tertiary/aromatic N) is 2. The van der Waals surface area contributed by atoms with Gasteiger partial charge >= 0.3 is 0 Å². The third kappa shape index (κ3) is 3.88. The van der Waals surface area contributed by atoms with E-state index < -0.39 is 0 Å². The molecule has 2 N–H and O–H groups in total. The zero-order chi connectivity index (χ0) is 19.5. The first kappa shape index (κ1) is 18.5. The molecule has 0 radical (unpaired) electrons. The number of likely N-dealkylation sites (tertiary alicyclic amines) is 1. The zero-order valence-electron chi connectivity index (χ0n) is 15.9. The molecule has 148 valence electrons. The number of H-pyrrole nitrogens is 1. The van der Waals surface area contributed by atoms with Crippen molar-refractivity contribution in [2.45, 2.75) is 57.0 Å². The number of hydrogen-bond acceptors (Lipinski definition) is 3. The van der Waals surface area contributed by atoms with E-state index >= 15 is 0 Å². The normalized spacial score (nSPS) is 20.9. The average Bonchev–Trinajstić information content (AvgIpc) is 3.14. The molecule has 1 aromatic carbocycles. The lowest BCUT2D eigenvalue weighted by atomic mass is 10.1. The molecular formula is C21H26N4O3. The van der Waals surface area contributed by atoms with Gasteiger partial charge in [0, 0.05) is 25.1 Å². The van der Waals surface area contributed by atoms with Crippen molar-refractivity contribution < 1.29 is 9.59 Å². The van der Waals surface area contributed by atoms with Gasteiger partial charge in [-0.05, 0) is 25.0 Å². The van der Waals surface area contributed by atoms with Crippen molar-refractivity contribution in [1.29, 1.82) is 0 Å². The van der Waals surface area contributed by atoms with Crippen LogP contribution < -0.4 is 10.9 Å². The molecule has 7 nitrogen and oxygen atoms in total. The molecule has 1 saturated carbocycles. The molecule has 7 heteroatoms. The summed E-state index contributed by atoms with van der Waals surface area (Å²) >= 11 is 0. The maximum absolute atomic E-state index is 12.6. The molecule has 2 fully saturated rings. The van der Waals surface area contributed by atoms with E-state index in [0.29, 0.717) is 24.7 Å². The number of amides is 2. The first-order valence-electron chi connectivity index (χ1n) is 10.1. The van der Waals surface area contributed by atoms with Gasteiger partial charge in [0.25, 0.3) is 11.5 Å². The van der Waals surface area contributed by atoms with Crippen LogP contribution in [0.4, 0.5) is 0 Å². The Labute approximate surface area is 163 Å². The molecule has 1 aliphatic heterocycles. The predicted octanol–water partition coefficient (Wildman–Crippen LogP) is 2.22. The topological polar surface area (TPSA) is 87.2 Å². The van der Waals surface area contributed by atoms with Crippen LogP contribution in [-0.4, -0.2) is 45.1 Å². The fourth-order valence-electron chi connectivity index (χ4n) is 4.29. The molecule has 0 bridgehead atoms. The van der Waals surface area contributed by atoms with E-state index in [4.69, 9.17) is 0 Å². The molecular weight excluding hydrogens is 356 g/mol. The van der Waals surface area contributed by atoms with E-state index in [1.807, 2.05) is 23.1 Å². The molecule has 1 saturated heterocycles. The molecule has 1 aromatic heterocycles. The van der Waals surface area contributed by atoms with Gasteiger partial charge in [0.2, 0.25) is 5.91 Å². The molecule has 2 heterocycles. The van der Waals surface area contributed by atoms with Gasteiger partial charge in [-0.25, -0.2) is 4.68 Å². The van der Waals surface area contributed by atoms with Crippen LogP contribution in [-0.2, 0) is 4.79 Å². The Morgan fingerprint density at radius 3 is 2.46 bits per heavy atom. The largest absolute Gasteiger partial charge is 0.346 e. The van der Waals surface area contributed by atoms with E-state index in [1.54, 1.807) is 12.1 Å². The summed E-state index contributed by atoms with van der Waals surface area (Å²) in [7, 11) is 0. The highest BCUT2D eigenvalue weighted by atomic mass is 16.2. The van der Waals surface area contributed by atoms with Gasteiger partial charge in [-0.2, -0.15) is 0 Å². The van der Waals surface area contributed by atoms with Gasteiger partial charge in [0.15, 0.2) is 0 Å². The monoisotopic (exact) mass is 382 g/mol. The molecule has 1 aliphatic carbocycles. The zero-order valence-corrected chi connectivity index (χ0v) is 15.9. The van der Waals surface area contributed by atoms with Crippen molar-refractivity contribution in [1.82, 2.24) is 20.0 Å². The maximum atomic E-state index is 12.6. The van der Waals surface area contributed by atoms with E-state index in [9.17, 15) is 14.4 Å². The van der Waals surface area contributed by atoms with Crippen LogP contribution in [0.5, 0.6) is 0 Å². The number of hydrogen-bond donors (Lipinski definition) is 2. The van der Waals surface area contributed by atoms with Crippen LogP contribution in [0.25, 0.3) is 5.69 Å². The van der Waals surface area contributed by atoms with Crippen molar-refractivity contribution in [3.05, 3.63) is 52.4 Å². The Balaban J connectivity index is 1.42. The van der Waals surface area contributed by atoms with Crippen LogP contribution in [0.2, 0.25) is 0 Å². The molecule has 1 unspecified atom stereocenters. The third-order valence-electron chi connectivity index (χ3n) is 5.74. The lowest BCUT2D eigenvalue weighted by Crippen LogP contribution is -2.40. The number of aromatic amines is 1. The number of carbonyl (C=O) groups excluding carboxylic acids is 2. The van der Waals surface area contributed by atoms with Crippen LogP contribution in [0.15, 0.2) is 41.2 Å². The second-order valence-electron chi connectivity index (χ2n) is 7.75. The standard InChI is InChI=1S/C21H26N4O3/c26-19-12-15(14-24(19)16-8-4-1-2-5-9-16)22-21(28)18-13-20(27)25(23-18)17-10-6-3-7-11-17/h3,6-7,10-11,13,15-16,23H,1-2,4-5,8-9,12,14H2,(H,22,28). The summed E-state index contributed by atoms with van der Waals surface area (Å²) in [6, 6.07) is 10.5. The molecule has 28 heavy (non-hydrogen) atoms. The number of para-hydroxylation sites is 1. The number of rotatable bonds is 4. The van der Waals surface area contributed by atoms with E-state index in [1.165, 1.54) is 36.4 Å². The Morgan fingerprint density at radius 2 is 1.75 bits per heavy atom. The van der Waals surface area contributed by atoms with Gasteiger partial charge in [-0.15, -0.1) is 0 Å². The Bertz CT molecular complexity index is 894. The molecule has 2 aliphatic rings. The lowest BCUT2D eigenvalue weighted by Gasteiger charge is -2.27. The van der Waals surface area contributed by atoms with E-state index in [2.05, 4.69) is 10.4 Å². The Morgan fingerprint density at radius 1 is 1.04 bits per heavy atom. The number of aromatic nitrogens is 2. The fraction of sp³-hybridized carbons (Fsp3) is 0.476. The summed E-state index contributed by atoms with van der Waals surface area (Å²) in [5.41, 5.74) is 0.579. The minimum Gasteiger partial charge on any atom is -0.346 e. The van der Waals surface area contributed by atoms with Crippen molar-refractivity contribution in [2.24, 2.45) is 0 Å². The quantitative estimate of drug-likeness (QED) is 0.795. The maximum Gasteiger partial charge on any atom is 0.271 e. The third-order valence-corrected chi connectivity index (χ3v) is 5.74. The van der Waals surface area contributed by atoms with Crippen LogP contribution in [0.1, 0.15) is 55.4 Å². The first-order valence-corrected chi connectivity index (χ1v) is 10.1. The lowest BCUT2D eigenvalue weighted by molar-refractivity contribution is -0.129. The Kier molecular flexibility index (Phi) is 5.32. The summed E-state index contributed by atoms with van der Waals surface area (Å²) < 4.78 is 1.34. The molecule has 0 spiro atoms. The van der Waals surface area contributed by atoms with Crippen molar-refractivity contribution in [2.75, 3.05) is 6.54 Å². The van der Waals surface area contributed by atoms with Crippen molar-refractivity contribution in [3.63, 3.8) is 0 Å². The first-order chi connectivity index (χ1) is 13.6. The smallest absolute Gasteiger partial charge is 0.271 e.